The minimum absolute atomic E-state index is 0.150. The fraction of sp³-hybridized carbons (Fsp3) is 0.421. The first-order valence-corrected chi connectivity index (χ1v) is 10.4. The van der Waals surface area contributed by atoms with E-state index in [0.29, 0.717) is 6.54 Å². The molecular weight excluding hydrogens is 360 g/mol. The fourth-order valence-electron chi connectivity index (χ4n) is 3.04. The van der Waals surface area contributed by atoms with Crippen LogP contribution in [0.3, 0.4) is 0 Å². The van der Waals surface area contributed by atoms with Gasteiger partial charge in [0.25, 0.3) is 0 Å². The van der Waals surface area contributed by atoms with Gasteiger partial charge in [-0.2, -0.15) is 0 Å². The molecule has 1 aliphatic rings. The molecule has 3 rings (SSSR count). The number of hydrogen-bond acceptors (Lipinski definition) is 6. The smallest absolute Gasteiger partial charge is 0.319 e. The molecule has 0 radical (unpaired) electrons. The van der Waals surface area contributed by atoms with E-state index in [4.69, 9.17) is 0 Å². The number of urea groups is 1. The number of carbonyl (C=O) groups is 1. The molecule has 2 amide bonds. The average molecular weight is 387 g/mol. The van der Waals surface area contributed by atoms with Crippen molar-refractivity contribution in [1.29, 1.82) is 0 Å². The number of piperazine rings is 1. The Morgan fingerprint density at radius 3 is 2.59 bits per heavy atom. The van der Waals surface area contributed by atoms with Gasteiger partial charge in [0.15, 0.2) is 0 Å². The fourth-order valence-corrected chi connectivity index (χ4v) is 3.60. The van der Waals surface area contributed by atoms with Crippen molar-refractivity contribution >= 4 is 29.4 Å². The molecule has 0 atom stereocenters. The minimum Gasteiger partial charge on any atom is -0.338 e. The van der Waals surface area contributed by atoms with Crippen molar-refractivity contribution in [2.24, 2.45) is 0 Å². The van der Waals surface area contributed by atoms with Gasteiger partial charge in [0.05, 0.1) is 5.69 Å². The summed E-state index contributed by atoms with van der Waals surface area (Å²) in [5, 5.41) is 5.86. The van der Waals surface area contributed by atoms with Gasteiger partial charge in [0.1, 0.15) is 0 Å². The highest BCUT2D eigenvalue weighted by molar-refractivity contribution is 7.98. The second-order valence-electron chi connectivity index (χ2n) is 6.31. The maximum atomic E-state index is 12.1. The molecule has 0 unspecified atom stereocenters. The molecule has 0 bridgehead atoms. The molecule has 27 heavy (non-hydrogen) atoms. The van der Waals surface area contributed by atoms with Crippen molar-refractivity contribution < 1.29 is 4.79 Å². The largest absolute Gasteiger partial charge is 0.338 e. The number of rotatable bonds is 7. The van der Waals surface area contributed by atoms with Crippen molar-refractivity contribution in [2.45, 2.75) is 11.3 Å². The van der Waals surface area contributed by atoms with Crippen LogP contribution < -0.4 is 15.5 Å². The second kappa shape index (κ2) is 10.1. The number of benzene rings is 1. The van der Waals surface area contributed by atoms with Crippen LogP contribution in [0.25, 0.3) is 0 Å². The third kappa shape index (κ3) is 5.83. The number of para-hydroxylation sites is 1. The number of nitrogens with zero attached hydrogens (tertiary/aromatic N) is 4. The summed E-state index contributed by atoms with van der Waals surface area (Å²) in [6.07, 6.45) is 6.49. The van der Waals surface area contributed by atoms with Gasteiger partial charge < -0.3 is 15.5 Å². The van der Waals surface area contributed by atoms with Gasteiger partial charge in [-0.25, -0.2) is 14.8 Å². The highest BCUT2D eigenvalue weighted by Gasteiger charge is 2.18. The standard InChI is InChI=1S/C19H26N6OS/c1-27-17-7-3-2-6-16(17)23-19(26)22-10-5-11-24-12-14-25(15-13-24)18-20-8-4-9-21-18/h2-4,6-9H,5,10-15H2,1H3,(H2,22,23,26). The minimum atomic E-state index is -0.150. The van der Waals surface area contributed by atoms with Crippen molar-refractivity contribution in [1.82, 2.24) is 20.2 Å². The number of amides is 2. The Kier molecular flexibility index (Phi) is 7.29. The van der Waals surface area contributed by atoms with E-state index in [-0.39, 0.29) is 6.03 Å². The molecule has 1 aromatic heterocycles. The summed E-state index contributed by atoms with van der Waals surface area (Å²) < 4.78 is 0. The van der Waals surface area contributed by atoms with E-state index in [9.17, 15) is 4.79 Å². The van der Waals surface area contributed by atoms with Gasteiger partial charge >= 0.3 is 6.03 Å². The SMILES string of the molecule is CSc1ccccc1NC(=O)NCCCN1CCN(c2ncccn2)CC1. The molecule has 2 N–H and O–H groups in total. The number of aromatic nitrogens is 2. The van der Waals surface area contributed by atoms with Gasteiger partial charge in [0, 0.05) is 50.0 Å². The predicted octanol–water partition coefficient (Wildman–Crippen LogP) is 2.53. The van der Waals surface area contributed by atoms with Crippen molar-refractivity contribution in [3.05, 3.63) is 42.7 Å². The molecule has 7 nitrogen and oxygen atoms in total. The molecule has 2 heterocycles. The number of carbonyl (C=O) groups excluding carboxylic acids is 1. The second-order valence-corrected chi connectivity index (χ2v) is 7.16. The van der Waals surface area contributed by atoms with E-state index in [2.05, 4.69) is 30.4 Å². The van der Waals surface area contributed by atoms with Crippen LogP contribution in [-0.2, 0) is 0 Å². The molecular formula is C19H26N6OS. The topological polar surface area (TPSA) is 73.4 Å². The average Bonchev–Trinajstić information content (AvgIpc) is 2.73. The quantitative estimate of drug-likeness (QED) is 0.563. The van der Waals surface area contributed by atoms with Crippen LogP contribution in [0.2, 0.25) is 0 Å². The van der Waals surface area contributed by atoms with Crippen molar-refractivity contribution in [3.8, 4) is 0 Å². The molecule has 8 heteroatoms. The van der Waals surface area contributed by atoms with E-state index in [1.54, 1.807) is 24.2 Å². The van der Waals surface area contributed by atoms with Crippen LogP contribution in [-0.4, -0.2) is 66.4 Å². The van der Waals surface area contributed by atoms with Gasteiger partial charge in [-0.05, 0) is 37.4 Å². The lowest BCUT2D eigenvalue weighted by Crippen LogP contribution is -2.47. The summed E-state index contributed by atoms with van der Waals surface area (Å²) in [4.78, 5) is 26.4. The summed E-state index contributed by atoms with van der Waals surface area (Å²) in [6.45, 7) is 5.49. The molecule has 1 aliphatic heterocycles. The van der Waals surface area contributed by atoms with Crippen LogP contribution in [0.5, 0.6) is 0 Å². The Labute approximate surface area is 164 Å². The van der Waals surface area contributed by atoms with Crippen LogP contribution in [0, 0.1) is 0 Å². The van der Waals surface area contributed by atoms with E-state index in [0.717, 1.165) is 55.7 Å². The maximum absolute atomic E-state index is 12.1. The number of thioether (sulfide) groups is 1. The summed E-state index contributed by atoms with van der Waals surface area (Å²) in [5.74, 6) is 0.806. The summed E-state index contributed by atoms with van der Waals surface area (Å²) in [5.41, 5.74) is 0.849. The number of hydrogen-bond donors (Lipinski definition) is 2. The molecule has 0 spiro atoms. The zero-order valence-electron chi connectivity index (χ0n) is 15.6. The Balaban J connectivity index is 1.32. The van der Waals surface area contributed by atoms with E-state index in [1.165, 1.54) is 0 Å². The summed E-state index contributed by atoms with van der Waals surface area (Å²) >= 11 is 1.62. The molecule has 2 aromatic rings. The number of anilines is 2. The van der Waals surface area contributed by atoms with Gasteiger partial charge in [-0.3, -0.25) is 4.90 Å². The van der Waals surface area contributed by atoms with E-state index < -0.39 is 0 Å². The lowest BCUT2D eigenvalue weighted by atomic mass is 10.3. The lowest BCUT2D eigenvalue weighted by molar-refractivity contribution is 0.243. The predicted molar refractivity (Wildman–Crippen MR) is 111 cm³/mol. The zero-order valence-corrected chi connectivity index (χ0v) is 16.4. The zero-order chi connectivity index (χ0) is 18.9. The van der Waals surface area contributed by atoms with Gasteiger partial charge in [0.2, 0.25) is 5.95 Å². The lowest BCUT2D eigenvalue weighted by Gasteiger charge is -2.34. The molecule has 0 aliphatic carbocycles. The summed E-state index contributed by atoms with van der Waals surface area (Å²) in [7, 11) is 0. The van der Waals surface area contributed by atoms with Crippen LogP contribution in [0.4, 0.5) is 16.4 Å². The molecule has 1 aromatic carbocycles. The Morgan fingerprint density at radius 2 is 1.85 bits per heavy atom. The van der Waals surface area contributed by atoms with Crippen molar-refractivity contribution in [3.63, 3.8) is 0 Å². The van der Waals surface area contributed by atoms with Gasteiger partial charge in [-0.15, -0.1) is 11.8 Å². The first-order valence-electron chi connectivity index (χ1n) is 9.18. The van der Waals surface area contributed by atoms with Crippen LogP contribution in [0.15, 0.2) is 47.6 Å². The third-order valence-electron chi connectivity index (χ3n) is 4.50. The van der Waals surface area contributed by atoms with Crippen LogP contribution >= 0.6 is 11.8 Å². The Morgan fingerprint density at radius 1 is 1.11 bits per heavy atom. The summed E-state index contributed by atoms with van der Waals surface area (Å²) in [6, 6.07) is 9.50. The van der Waals surface area contributed by atoms with Crippen LogP contribution in [0.1, 0.15) is 6.42 Å². The molecule has 1 saturated heterocycles. The molecule has 1 fully saturated rings. The first-order chi connectivity index (χ1) is 13.3. The monoisotopic (exact) mass is 386 g/mol. The Bertz CT molecular complexity index is 721. The normalized spacial score (nSPS) is 14.8. The highest BCUT2D eigenvalue weighted by Crippen LogP contribution is 2.24. The Hall–Kier alpha value is -2.32. The third-order valence-corrected chi connectivity index (χ3v) is 5.29. The van der Waals surface area contributed by atoms with E-state index in [1.807, 2.05) is 36.6 Å². The molecule has 0 saturated carbocycles. The van der Waals surface area contributed by atoms with Crippen molar-refractivity contribution in [2.75, 3.05) is 55.7 Å². The first kappa shape index (κ1) is 19.4. The number of nitrogens with one attached hydrogen (secondary N) is 2. The van der Waals surface area contributed by atoms with E-state index >= 15 is 0 Å². The highest BCUT2D eigenvalue weighted by atomic mass is 32.2. The maximum Gasteiger partial charge on any atom is 0.319 e. The molecule has 144 valence electrons. The van der Waals surface area contributed by atoms with Gasteiger partial charge in [-0.1, -0.05) is 12.1 Å².